The molecule has 0 aliphatic rings. The summed E-state index contributed by atoms with van der Waals surface area (Å²) in [6.07, 6.45) is 54.6. The number of unbranched alkanes of at least 4 members (excludes halogenated alkanes) is 44. The first-order valence-corrected chi connectivity index (χ1v) is 42.0. The summed E-state index contributed by atoms with van der Waals surface area (Å²) in [6.45, 7) is 9.41. The second-order valence-corrected chi connectivity index (χ2v) is 30.9. The summed E-state index contributed by atoms with van der Waals surface area (Å²) in [5, 5.41) is 10.6. The van der Waals surface area contributed by atoms with E-state index in [4.69, 9.17) is 37.0 Å². The summed E-state index contributed by atoms with van der Waals surface area (Å²) in [5.74, 6) is -0.776. The van der Waals surface area contributed by atoms with Gasteiger partial charge in [-0.3, -0.25) is 37.3 Å². The van der Waals surface area contributed by atoms with Gasteiger partial charge in [-0.25, -0.2) is 9.13 Å². The van der Waals surface area contributed by atoms with Crippen LogP contribution in [-0.4, -0.2) is 96.7 Å². The molecule has 0 saturated carbocycles. The van der Waals surface area contributed by atoms with E-state index >= 15 is 0 Å². The zero-order chi connectivity index (χ0) is 69.3. The molecule has 558 valence electrons. The highest BCUT2D eigenvalue weighted by Crippen LogP contribution is 2.45. The van der Waals surface area contributed by atoms with Gasteiger partial charge in [-0.05, 0) is 37.5 Å². The molecule has 0 aromatic carbocycles. The number of carbonyl (C=O) groups is 4. The molecular formula is C75H146O17P2. The van der Waals surface area contributed by atoms with Crippen LogP contribution < -0.4 is 0 Å². The summed E-state index contributed by atoms with van der Waals surface area (Å²) in [5.41, 5.74) is 0. The third-order valence-electron chi connectivity index (χ3n) is 17.5. The fourth-order valence-electron chi connectivity index (χ4n) is 11.5. The molecule has 0 spiro atoms. The SMILES string of the molecule is CCCCCCCCCCCCCCCCCCCCCCC(=O)O[C@H](COC(=O)CCCCCCCCCCCCCCCCCC)COP(=O)(O)OC[C@@H](O)COP(=O)(O)OC[C@@H](COC(=O)CCCCCCCCC(C)C)OC(=O)CCCCCCCCC(C)C. The monoisotopic (exact) mass is 1380 g/mol. The van der Waals surface area contributed by atoms with Crippen LogP contribution in [0.15, 0.2) is 0 Å². The number of phosphoric acid groups is 2. The Kier molecular flexibility index (Phi) is 65.5. The molecular weight excluding hydrogens is 1230 g/mol. The Morgan fingerprint density at radius 3 is 0.723 bits per heavy atom. The Labute approximate surface area is 575 Å². The smallest absolute Gasteiger partial charge is 0.462 e. The predicted octanol–water partition coefficient (Wildman–Crippen LogP) is 21.9. The molecule has 0 heterocycles. The van der Waals surface area contributed by atoms with Crippen molar-refractivity contribution < 1.29 is 80.2 Å². The molecule has 0 fully saturated rings. The second kappa shape index (κ2) is 66.9. The molecule has 0 amide bonds. The zero-order valence-electron chi connectivity index (χ0n) is 61.3. The summed E-state index contributed by atoms with van der Waals surface area (Å²) < 4.78 is 68.4. The average molecular weight is 1380 g/mol. The lowest BCUT2D eigenvalue weighted by Gasteiger charge is -2.21. The molecule has 17 nitrogen and oxygen atoms in total. The quantitative estimate of drug-likeness (QED) is 0.0222. The second-order valence-electron chi connectivity index (χ2n) is 28.0. The number of rotatable bonds is 74. The van der Waals surface area contributed by atoms with Gasteiger partial charge in [0.15, 0.2) is 12.2 Å². The molecule has 94 heavy (non-hydrogen) atoms. The summed E-state index contributed by atoms with van der Waals surface area (Å²) >= 11 is 0. The molecule has 0 aromatic rings. The molecule has 0 rings (SSSR count). The van der Waals surface area contributed by atoms with Crippen LogP contribution in [0.5, 0.6) is 0 Å². The van der Waals surface area contributed by atoms with E-state index in [1.807, 2.05) is 0 Å². The van der Waals surface area contributed by atoms with E-state index in [9.17, 15) is 43.2 Å². The van der Waals surface area contributed by atoms with Crippen molar-refractivity contribution in [3.63, 3.8) is 0 Å². The number of carbonyl (C=O) groups excluding carboxylic acids is 4. The minimum Gasteiger partial charge on any atom is -0.462 e. The van der Waals surface area contributed by atoms with E-state index in [-0.39, 0.29) is 25.7 Å². The van der Waals surface area contributed by atoms with Gasteiger partial charge < -0.3 is 33.8 Å². The molecule has 0 aliphatic heterocycles. The van der Waals surface area contributed by atoms with Crippen LogP contribution in [0.4, 0.5) is 0 Å². The molecule has 2 unspecified atom stereocenters. The van der Waals surface area contributed by atoms with Crippen LogP contribution in [-0.2, 0) is 65.4 Å². The van der Waals surface area contributed by atoms with E-state index in [1.165, 1.54) is 199 Å². The molecule has 5 atom stereocenters. The van der Waals surface area contributed by atoms with Gasteiger partial charge in [-0.2, -0.15) is 0 Å². The Balaban J connectivity index is 5.18. The van der Waals surface area contributed by atoms with Crippen molar-refractivity contribution in [3.05, 3.63) is 0 Å². The Hall–Kier alpha value is -1.94. The number of hydrogen-bond donors (Lipinski definition) is 3. The van der Waals surface area contributed by atoms with E-state index in [0.717, 1.165) is 96.3 Å². The predicted molar refractivity (Wildman–Crippen MR) is 381 cm³/mol. The molecule has 19 heteroatoms. The van der Waals surface area contributed by atoms with Gasteiger partial charge in [-0.1, -0.05) is 337 Å². The van der Waals surface area contributed by atoms with Crippen LogP contribution in [0.2, 0.25) is 0 Å². The first-order valence-electron chi connectivity index (χ1n) is 39.0. The summed E-state index contributed by atoms with van der Waals surface area (Å²) in [6, 6.07) is 0. The number of ether oxygens (including phenoxy) is 4. The van der Waals surface area contributed by atoms with Crippen LogP contribution in [0.3, 0.4) is 0 Å². The summed E-state index contributed by atoms with van der Waals surface area (Å²) in [4.78, 5) is 72.6. The van der Waals surface area contributed by atoms with Crippen LogP contribution in [0, 0.1) is 11.8 Å². The van der Waals surface area contributed by atoms with Crippen LogP contribution in [0.1, 0.15) is 388 Å². The van der Waals surface area contributed by atoms with Crippen molar-refractivity contribution in [1.82, 2.24) is 0 Å². The highest BCUT2D eigenvalue weighted by molar-refractivity contribution is 7.47. The van der Waals surface area contributed by atoms with Gasteiger partial charge in [0, 0.05) is 25.7 Å². The van der Waals surface area contributed by atoms with E-state index in [1.54, 1.807) is 0 Å². The van der Waals surface area contributed by atoms with Crippen molar-refractivity contribution in [2.75, 3.05) is 39.6 Å². The van der Waals surface area contributed by atoms with Gasteiger partial charge in [0.1, 0.15) is 19.3 Å². The largest absolute Gasteiger partial charge is 0.472 e. The maximum absolute atomic E-state index is 13.1. The van der Waals surface area contributed by atoms with Crippen LogP contribution >= 0.6 is 15.6 Å². The number of esters is 4. The van der Waals surface area contributed by atoms with Crippen LogP contribution in [0.25, 0.3) is 0 Å². The van der Waals surface area contributed by atoms with E-state index < -0.39 is 97.5 Å². The third kappa shape index (κ3) is 68.6. The van der Waals surface area contributed by atoms with Crippen molar-refractivity contribution in [2.45, 2.75) is 407 Å². The zero-order valence-corrected chi connectivity index (χ0v) is 63.1. The summed E-state index contributed by atoms with van der Waals surface area (Å²) in [7, 11) is -9.90. The minimum absolute atomic E-state index is 0.101. The van der Waals surface area contributed by atoms with Gasteiger partial charge >= 0.3 is 39.5 Å². The van der Waals surface area contributed by atoms with Crippen molar-refractivity contribution >= 4 is 39.5 Å². The number of aliphatic hydroxyl groups is 1. The molecule has 0 bridgehead atoms. The first kappa shape index (κ1) is 92.1. The fourth-order valence-corrected chi connectivity index (χ4v) is 13.1. The lowest BCUT2D eigenvalue weighted by atomic mass is 10.0. The minimum atomic E-state index is -4.96. The van der Waals surface area contributed by atoms with Gasteiger partial charge in [0.05, 0.1) is 26.4 Å². The highest BCUT2D eigenvalue weighted by atomic mass is 31.2. The Morgan fingerprint density at radius 2 is 0.489 bits per heavy atom. The normalized spacial score (nSPS) is 14.0. The van der Waals surface area contributed by atoms with Crippen molar-refractivity contribution in [2.24, 2.45) is 11.8 Å². The number of hydrogen-bond acceptors (Lipinski definition) is 15. The third-order valence-corrected chi connectivity index (χ3v) is 19.4. The topological polar surface area (TPSA) is 237 Å². The lowest BCUT2D eigenvalue weighted by molar-refractivity contribution is -0.161. The molecule has 3 N–H and O–H groups in total. The first-order chi connectivity index (χ1) is 45.4. The van der Waals surface area contributed by atoms with E-state index in [2.05, 4.69) is 41.5 Å². The molecule has 0 radical (unpaired) electrons. The number of aliphatic hydroxyl groups excluding tert-OH is 1. The Bertz CT molecular complexity index is 1820. The van der Waals surface area contributed by atoms with Gasteiger partial charge in [0.25, 0.3) is 0 Å². The van der Waals surface area contributed by atoms with Crippen molar-refractivity contribution in [3.8, 4) is 0 Å². The van der Waals surface area contributed by atoms with E-state index in [0.29, 0.717) is 37.5 Å². The fraction of sp³-hybridized carbons (Fsp3) is 0.947. The number of phosphoric ester groups is 2. The molecule has 0 aliphatic carbocycles. The molecule has 0 saturated heterocycles. The highest BCUT2D eigenvalue weighted by Gasteiger charge is 2.30. The van der Waals surface area contributed by atoms with Gasteiger partial charge in [-0.15, -0.1) is 0 Å². The lowest BCUT2D eigenvalue weighted by Crippen LogP contribution is -2.30. The molecule has 0 aromatic heterocycles. The average Bonchev–Trinajstić information content (AvgIpc) is 1.26. The Morgan fingerprint density at radius 1 is 0.287 bits per heavy atom. The van der Waals surface area contributed by atoms with Crippen molar-refractivity contribution in [1.29, 1.82) is 0 Å². The standard InChI is InChI=1S/C75H146O17P2/c1-7-9-11-13-15-17-19-21-23-25-26-27-28-30-32-34-36-38-47-53-59-74(79)91-70(63-85-72(77)57-51-45-37-35-33-31-29-24-22-20-18-16-14-12-10-8-2)65-89-93(81,82)87-61-69(76)62-88-94(83,84)90-66-71(92-75(80)60-54-48-42-40-44-50-56-68(5)6)64-86-73(78)58-52-46-41-39-43-49-55-67(3)4/h67-71,76H,7-66H2,1-6H3,(H,81,82)(H,83,84)/t69-,70-,71-/m1/s1. The maximum atomic E-state index is 13.1. The van der Waals surface area contributed by atoms with Gasteiger partial charge in [0.2, 0.25) is 0 Å². The maximum Gasteiger partial charge on any atom is 0.472 e.